The van der Waals surface area contributed by atoms with Crippen molar-refractivity contribution in [1.82, 2.24) is 0 Å². The summed E-state index contributed by atoms with van der Waals surface area (Å²) in [7, 11) is -2.94. The Balaban J connectivity index is 1.70. The highest BCUT2D eigenvalue weighted by atomic mass is 32.2. The Morgan fingerprint density at radius 3 is 2.90 bits per heavy atom. The zero-order chi connectivity index (χ0) is 14.2. The second-order valence-electron chi connectivity index (χ2n) is 5.77. The molecule has 2 heterocycles. The molecule has 0 aliphatic carbocycles. The third-order valence-corrected chi connectivity index (χ3v) is 6.15. The van der Waals surface area contributed by atoms with Crippen LogP contribution in [0, 0.1) is 5.92 Å². The number of aliphatic hydroxyl groups excluding tert-OH is 1. The van der Waals surface area contributed by atoms with Crippen molar-refractivity contribution >= 4 is 9.84 Å². The van der Waals surface area contributed by atoms with Crippen molar-refractivity contribution in [1.29, 1.82) is 0 Å². The minimum atomic E-state index is -2.94. The van der Waals surface area contributed by atoms with Crippen LogP contribution in [0.3, 0.4) is 0 Å². The zero-order valence-corrected chi connectivity index (χ0v) is 12.2. The van der Waals surface area contributed by atoms with E-state index in [1.807, 2.05) is 18.2 Å². The molecule has 1 saturated heterocycles. The average Bonchev–Trinajstić information content (AvgIpc) is 2.80. The van der Waals surface area contributed by atoms with Crippen LogP contribution in [0.4, 0.5) is 0 Å². The molecule has 2 aliphatic rings. The highest BCUT2D eigenvalue weighted by molar-refractivity contribution is 7.91. The quantitative estimate of drug-likeness (QED) is 0.918. The molecule has 1 aromatic carbocycles. The molecule has 20 heavy (non-hydrogen) atoms. The molecule has 0 amide bonds. The predicted molar refractivity (Wildman–Crippen MR) is 76.2 cm³/mol. The molecule has 5 heteroatoms. The minimum absolute atomic E-state index is 0.113. The normalized spacial score (nSPS) is 29.9. The number of benzene rings is 1. The van der Waals surface area contributed by atoms with Crippen LogP contribution in [0.5, 0.6) is 0 Å². The number of aliphatic hydroxyl groups is 1. The standard InChI is InChI=1S/C15H20O4S/c16-14(12-6-8-20(17,18)10-12)9-15-13-4-2-1-3-11(13)5-7-19-15/h1-4,12,14-16H,5-10H2. The molecule has 1 fully saturated rings. The van der Waals surface area contributed by atoms with Gasteiger partial charge < -0.3 is 9.84 Å². The van der Waals surface area contributed by atoms with Gasteiger partial charge in [-0.05, 0) is 29.9 Å². The van der Waals surface area contributed by atoms with Gasteiger partial charge >= 0.3 is 0 Å². The van der Waals surface area contributed by atoms with Crippen molar-refractivity contribution in [3.05, 3.63) is 35.4 Å². The molecular formula is C15H20O4S. The predicted octanol–water partition coefficient (Wildman–Crippen LogP) is 1.49. The molecule has 0 radical (unpaired) electrons. The van der Waals surface area contributed by atoms with Gasteiger partial charge in [0.15, 0.2) is 9.84 Å². The van der Waals surface area contributed by atoms with E-state index in [2.05, 4.69) is 6.07 Å². The Labute approximate surface area is 119 Å². The van der Waals surface area contributed by atoms with Gasteiger partial charge in [-0.15, -0.1) is 0 Å². The van der Waals surface area contributed by atoms with Gasteiger partial charge in [0.1, 0.15) is 0 Å². The lowest BCUT2D eigenvalue weighted by Crippen LogP contribution is -2.27. The smallest absolute Gasteiger partial charge is 0.150 e. The van der Waals surface area contributed by atoms with Crippen LogP contribution in [-0.4, -0.2) is 37.7 Å². The van der Waals surface area contributed by atoms with Gasteiger partial charge in [-0.25, -0.2) is 8.42 Å². The number of hydrogen-bond acceptors (Lipinski definition) is 4. The van der Waals surface area contributed by atoms with Crippen molar-refractivity contribution in [2.75, 3.05) is 18.1 Å². The minimum Gasteiger partial charge on any atom is -0.393 e. The highest BCUT2D eigenvalue weighted by Gasteiger charge is 2.35. The third-order valence-electron chi connectivity index (χ3n) is 4.36. The van der Waals surface area contributed by atoms with E-state index >= 15 is 0 Å². The Morgan fingerprint density at radius 1 is 1.35 bits per heavy atom. The summed E-state index contributed by atoms with van der Waals surface area (Å²) in [5, 5.41) is 10.3. The lowest BCUT2D eigenvalue weighted by molar-refractivity contribution is -0.00834. The maximum atomic E-state index is 11.5. The van der Waals surface area contributed by atoms with Gasteiger partial charge in [0.25, 0.3) is 0 Å². The topological polar surface area (TPSA) is 63.6 Å². The van der Waals surface area contributed by atoms with Crippen molar-refractivity contribution in [3.63, 3.8) is 0 Å². The fraction of sp³-hybridized carbons (Fsp3) is 0.600. The maximum absolute atomic E-state index is 11.5. The summed E-state index contributed by atoms with van der Waals surface area (Å²) in [6, 6.07) is 8.13. The molecule has 1 N–H and O–H groups in total. The van der Waals surface area contributed by atoms with E-state index in [1.54, 1.807) is 0 Å². The highest BCUT2D eigenvalue weighted by Crippen LogP contribution is 2.33. The summed E-state index contributed by atoms with van der Waals surface area (Å²) in [4.78, 5) is 0. The van der Waals surface area contributed by atoms with E-state index in [1.165, 1.54) is 5.56 Å². The molecule has 4 nitrogen and oxygen atoms in total. The Kier molecular flexibility index (Phi) is 3.84. The number of fused-ring (bicyclic) bond motifs is 1. The van der Waals surface area contributed by atoms with Crippen molar-refractivity contribution in [2.24, 2.45) is 5.92 Å². The zero-order valence-electron chi connectivity index (χ0n) is 11.4. The van der Waals surface area contributed by atoms with E-state index < -0.39 is 15.9 Å². The number of ether oxygens (including phenoxy) is 1. The summed E-state index contributed by atoms with van der Waals surface area (Å²) >= 11 is 0. The summed E-state index contributed by atoms with van der Waals surface area (Å²) in [5.41, 5.74) is 2.41. The van der Waals surface area contributed by atoms with Gasteiger partial charge in [0.05, 0.1) is 30.3 Å². The van der Waals surface area contributed by atoms with Gasteiger partial charge in [-0.3, -0.25) is 0 Å². The van der Waals surface area contributed by atoms with Gasteiger partial charge in [-0.1, -0.05) is 24.3 Å². The first kappa shape index (κ1) is 14.0. The molecule has 110 valence electrons. The summed E-state index contributed by atoms with van der Waals surface area (Å²) in [6.45, 7) is 0.664. The van der Waals surface area contributed by atoms with Crippen LogP contribution in [0.1, 0.15) is 30.1 Å². The molecule has 2 aliphatic heterocycles. The molecule has 0 spiro atoms. The van der Waals surface area contributed by atoms with Crippen LogP contribution >= 0.6 is 0 Å². The van der Waals surface area contributed by atoms with E-state index in [-0.39, 0.29) is 23.5 Å². The largest absolute Gasteiger partial charge is 0.393 e. The fourth-order valence-corrected chi connectivity index (χ4v) is 5.08. The van der Waals surface area contributed by atoms with Gasteiger partial charge in [-0.2, -0.15) is 0 Å². The van der Waals surface area contributed by atoms with E-state index in [0.717, 1.165) is 12.0 Å². The second-order valence-corrected chi connectivity index (χ2v) is 8.00. The van der Waals surface area contributed by atoms with Gasteiger partial charge in [0, 0.05) is 6.42 Å². The van der Waals surface area contributed by atoms with Crippen LogP contribution < -0.4 is 0 Å². The lowest BCUT2D eigenvalue weighted by atomic mass is 9.90. The Hall–Kier alpha value is -0.910. The second kappa shape index (κ2) is 5.47. The van der Waals surface area contributed by atoms with Crippen LogP contribution in [-0.2, 0) is 21.0 Å². The summed E-state index contributed by atoms with van der Waals surface area (Å²) in [5.74, 6) is 0.178. The maximum Gasteiger partial charge on any atom is 0.150 e. The van der Waals surface area contributed by atoms with Crippen molar-refractivity contribution < 1.29 is 18.3 Å². The number of hydrogen-bond donors (Lipinski definition) is 1. The Morgan fingerprint density at radius 2 is 2.15 bits per heavy atom. The SMILES string of the molecule is O=S1(=O)CCC(C(O)CC2OCCc3ccccc32)C1. The van der Waals surface area contributed by atoms with Crippen LogP contribution in [0.25, 0.3) is 0 Å². The summed E-state index contributed by atoms with van der Waals surface area (Å²) in [6.07, 6.45) is 1.23. The van der Waals surface area contributed by atoms with E-state index in [9.17, 15) is 13.5 Å². The molecule has 1 aromatic rings. The molecule has 0 bridgehead atoms. The number of rotatable bonds is 3. The van der Waals surface area contributed by atoms with Crippen molar-refractivity contribution in [3.8, 4) is 0 Å². The first-order valence-electron chi connectivity index (χ1n) is 7.13. The average molecular weight is 296 g/mol. The molecular weight excluding hydrogens is 276 g/mol. The van der Waals surface area contributed by atoms with Gasteiger partial charge in [0.2, 0.25) is 0 Å². The molecule has 0 aromatic heterocycles. The monoisotopic (exact) mass is 296 g/mol. The third kappa shape index (κ3) is 2.90. The molecule has 3 rings (SSSR count). The molecule has 0 saturated carbocycles. The number of sulfone groups is 1. The molecule has 3 unspecified atom stereocenters. The fourth-order valence-electron chi connectivity index (χ4n) is 3.21. The van der Waals surface area contributed by atoms with Crippen LogP contribution in [0.2, 0.25) is 0 Å². The first-order valence-corrected chi connectivity index (χ1v) is 8.95. The van der Waals surface area contributed by atoms with Crippen molar-refractivity contribution in [2.45, 2.75) is 31.5 Å². The van der Waals surface area contributed by atoms with Crippen LogP contribution in [0.15, 0.2) is 24.3 Å². The molecule has 3 atom stereocenters. The first-order chi connectivity index (χ1) is 9.55. The Bertz CT molecular complexity index is 581. The van der Waals surface area contributed by atoms with E-state index in [4.69, 9.17) is 4.74 Å². The lowest BCUT2D eigenvalue weighted by Gasteiger charge is -2.29. The van der Waals surface area contributed by atoms with E-state index in [0.29, 0.717) is 19.4 Å². The summed E-state index contributed by atoms with van der Waals surface area (Å²) < 4.78 is 28.8.